The molecule has 1 atom stereocenters. The molecule has 178 valence electrons. The van der Waals surface area contributed by atoms with Gasteiger partial charge < -0.3 is 15.0 Å². The second kappa shape index (κ2) is 8.88. The first-order valence-corrected chi connectivity index (χ1v) is 11.2. The SMILES string of the molecule is CC(=O)NCC1CN(c2cc(F)c(N3CCC(n4nc5ccccc5n4)CC3)c(F)c2)C(=O)O1. The van der Waals surface area contributed by atoms with Gasteiger partial charge in [0.2, 0.25) is 5.91 Å². The molecule has 2 saturated heterocycles. The van der Waals surface area contributed by atoms with Gasteiger partial charge in [0, 0.05) is 32.1 Å². The summed E-state index contributed by atoms with van der Waals surface area (Å²) in [5.74, 6) is -1.74. The molecule has 9 nitrogen and oxygen atoms in total. The van der Waals surface area contributed by atoms with Crippen LogP contribution in [0.4, 0.5) is 25.0 Å². The minimum atomic E-state index is -0.741. The van der Waals surface area contributed by atoms with Crippen LogP contribution in [0.25, 0.3) is 11.0 Å². The third-order valence-electron chi connectivity index (χ3n) is 6.18. The fourth-order valence-electron chi connectivity index (χ4n) is 4.47. The van der Waals surface area contributed by atoms with E-state index in [0.717, 1.165) is 23.2 Å². The molecule has 34 heavy (non-hydrogen) atoms. The van der Waals surface area contributed by atoms with Crippen LogP contribution in [0.15, 0.2) is 36.4 Å². The summed E-state index contributed by atoms with van der Waals surface area (Å²) in [6, 6.07) is 9.96. The average Bonchev–Trinajstić information content (AvgIpc) is 3.41. The Morgan fingerprint density at radius 1 is 1.12 bits per heavy atom. The average molecular weight is 470 g/mol. The topological polar surface area (TPSA) is 92.6 Å². The van der Waals surface area contributed by atoms with Crippen LogP contribution < -0.4 is 15.1 Å². The molecule has 1 aromatic heterocycles. The molecule has 1 N–H and O–H groups in total. The monoisotopic (exact) mass is 470 g/mol. The summed E-state index contributed by atoms with van der Waals surface area (Å²) in [6.45, 7) is 2.47. The molecule has 11 heteroatoms. The highest BCUT2D eigenvalue weighted by Crippen LogP contribution is 2.34. The highest BCUT2D eigenvalue weighted by molar-refractivity contribution is 5.90. The molecule has 3 heterocycles. The van der Waals surface area contributed by atoms with Gasteiger partial charge in [0.05, 0.1) is 24.8 Å². The number of hydrogen-bond donors (Lipinski definition) is 1. The number of nitrogens with zero attached hydrogens (tertiary/aromatic N) is 5. The molecule has 2 aromatic carbocycles. The molecule has 2 fully saturated rings. The lowest BCUT2D eigenvalue weighted by Crippen LogP contribution is -2.36. The zero-order chi connectivity index (χ0) is 23.8. The van der Waals surface area contributed by atoms with Gasteiger partial charge in [-0.3, -0.25) is 9.69 Å². The van der Waals surface area contributed by atoms with Crippen LogP contribution in [-0.2, 0) is 9.53 Å². The van der Waals surface area contributed by atoms with Gasteiger partial charge >= 0.3 is 6.09 Å². The third kappa shape index (κ3) is 4.25. The third-order valence-corrected chi connectivity index (χ3v) is 6.18. The van der Waals surface area contributed by atoms with Crippen molar-refractivity contribution in [3.05, 3.63) is 48.0 Å². The zero-order valence-electron chi connectivity index (χ0n) is 18.6. The number of benzene rings is 2. The van der Waals surface area contributed by atoms with E-state index in [0.29, 0.717) is 25.9 Å². The molecule has 0 spiro atoms. The number of rotatable bonds is 5. The lowest BCUT2D eigenvalue weighted by Gasteiger charge is -2.33. The van der Waals surface area contributed by atoms with E-state index in [4.69, 9.17) is 4.74 Å². The highest BCUT2D eigenvalue weighted by atomic mass is 19.1. The Morgan fingerprint density at radius 2 is 1.74 bits per heavy atom. The number of ether oxygens (including phenoxy) is 1. The molecule has 0 aliphatic carbocycles. The second-order valence-electron chi connectivity index (χ2n) is 8.54. The van der Waals surface area contributed by atoms with E-state index in [-0.39, 0.29) is 36.4 Å². The van der Waals surface area contributed by atoms with E-state index in [1.807, 2.05) is 24.3 Å². The molecule has 0 saturated carbocycles. The number of halogens is 2. The fourth-order valence-corrected chi connectivity index (χ4v) is 4.47. The normalized spacial score (nSPS) is 19.0. The van der Waals surface area contributed by atoms with Crippen molar-refractivity contribution in [2.75, 3.05) is 36.0 Å². The van der Waals surface area contributed by atoms with Crippen molar-refractivity contribution < 1.29 is 23.1 Å². The summed E-state index contributed by atoms with van der Waals surface area (Å²) in [5.41, 5.74) is 1.61. The molecular weight excluding hydrogens is 446 g/mol. The smallest absolute Gasteiger partial charge is 0.414 e. The Bertz CT molecular complexity index is 1180. The molecule has 2 amide bonds. The fraction of sp³-hybridized carbons (Fsp3) is 0.391. The van der Waals surface area contributed by atoms with Crippen molar-refractivity contribution in [2.45, 2.75) is 31.9 Å². The van der Waals surface area contributed by atoms with Gasteiger partial charge in [-0.1, -0.05) is 12.1 Å². The summed E-state index contributed by atoms with van der Waals surface area (Å²) >= 11 is 0. The minimum absolute atomic E-state index is 0.0500. The number of nitrogens with one attached hydrogen (secondary N) is 1. The molecule has 1 unspecified atom stereocenters. The van der Waals surface area contributed by atoms with E-state index < -0.39 is 23.8 Å². The Labute approximate surface area is 194 Å². The standard InChI is InChI=1S/C23H24F2N6O3/c1-14(32)26-12-17-13-30(23(33)34-17)16-10-18(24)22(19(25)11-16)29-8-6-15(7-9-29)31-27-20-4-2-3-5-21(20)28-31/h2-5,10-11,15,17H,6-9,12-13H2,1H3,(H,26,32). The van der Waals surface area contributed by atoms with Crippen LogP contribution in [0.5, 0.6) is 0 Å². The summed E-state index contributed by atoms with van der Waals surface area (Å²) < 4.78 is 35.3. The van der Waals surface area contributed by atoms with Crippen LogP contribution >= 0.6 is 0 Å². The van der Waals surface area contributed by atoms with E-state index in [1.54, 1.807) is 9.70 Å². The summed E-state index contributed by atoms with van der Waals surface area (Å²) in [7, 11) is 0. The predicted molar refractivity (Wildman–Crippen MR) is 121 cm³/mol. The molecule has 0 bridgehead atoms. The minimum Gasteiger partial charge on any atom is -0.442 e. The maximum atomic E-state index is 15.0. The second-order valence-corrected chi connectivity index (χ2v) is 8.54. The van der Waals surface area contributed by atoms with Gasteiger partial charge in [-0.15, -0.1) is 0 Å². The molecular formula is C23H24F2N6O3. The van der Waals surface area contributed by atoms with Crippen molar-refractivity contribution in [2.24, 2.45) is 0 Å². The first-order valence-electron chi connectivity index (χ1n) is 11.2. The number of hydrogen-bond acceptors (Lipinski definition) is 6. The van der Waals surface area contributed by atoms with Crippen LogP contribution in [0.3, 0.4) is 0 Å². The molecule has 0 radical (unpaired) electrons. The number of aromatic nitrogens is 3. The molecule has 2 aliphatic rings. The van der Waals surface area contributed by atoms with Crippen LogP contribution in [0.1, 0.15) is 25.8 Å². The molecule has 2 aliphatic heterocycles. The number of cyclic esters (lactones) is 1. The maximum absolute atomic E-state index is 15.0. The number of piperidine rings is 1. The van der Waals surface area contributed by atoms with Gasteiger partial charge in [0.15, 0.2) is 11.6 Å². The first kappa shape index (κ1) is 22.1. The van der Waals surface area contributed by atoms with E-state index in [1.165, 1.54) is 11.8 Å². The van der Waals surface area contributed by atoms with Crippen LogP contribution in [0.2, 0.25) is 0 Å². The Morgan fingerprint density at radius 3 is 2.32 bits per heavy atom. The largest absolute Gasteiger partial charge is 0.442 e. The number of fused-ring (bicyclic) bond motifs is 1. The van der Waals surface area contributed by atoms with Crippen molar-refractivity contribution in [1.82, 2.24) is 20.3 Å². The lowest BCUT2D eigenvalue weighted by molar-refractivity contribution is -0.119. The van der Waals surface area contributed by atoms with Crippen molar-refractivity contribution in [1.29, 1.82) is 0 Å². The summed E-state index contributed by atoms with van der Waals surface area (Å²) in [5, 5.41) is 11.6. The van der Waals surface area contributed by atoms with Gasteiger partial charge in [-0.05, 0) is 25.0 Å². The number of amides is 2. The molecule has 3 aromatic rings. The zero-order valence-corrected chi connectivity index (χ0v) is 18.6. The number of anilines is 2. The predicted octanol–water partition coefficient (Wildman–Crippen LogP) is 3.01. The van der Waals surface area contributed by atoms with E-state index in [2.05, 4.69) is 15.5 Å². The number of carbonyl (C=O) groups is 2. The quantitative estimate of drug-likeness (QED) is 0.616. The van der Waals surface area contributed by atoms with E-state index >= 15 is 8.78 Å². The highest BCUT2D eigenvalue weighted by Gasteiger charge is 2.34. The maximum Gasteiger partial charge on any atom is 0.414 e. The Balaban J connectivity index is 1.27. The number of carbonyl (C=O) groups excluding carboxylic acids is 2. The van der Waals surface area contributed by atoms with Crippen molar-refractivity contribution in [3.8, 4) is 0 Å². The summed E-state index contributed by atoms with van der Waals surface area (Å²) in [4.78, 5) is 27.8. The Hall–Kier alpha value is -3.76. The van der Waals surface area contributed by atoms with E-state index in [9.17, 15) is 9.59 Å². The lowest BCUT2D eigenvalue weighted by atomic mass is 10.0. The van der Waals surface area contributed by atoms with Gasteiger partial charge in [0.25, 0.3) is 0 Å². The Kier molecular flexibility index (Phi) is 5.76. The van der Waals surface area contributed by atoms with Crippen molar-refractivity contribution >= 4 is 34.4 Å². The van der Waals surface area contributed by atoms with Gasteiger partial charge in [0.1, 0.15) is 22.8 Å². The van der Waals surface area contributed by atoms with Crippen molar-refractivity contribution in [3.63, 3.8) is 0 Å². The molecule has 5 rings (SSSR count). The van der Waals surface area contributed by atoms with Crippen LogP contribution in [-0.4, -0.2) is 59.3 Å². The first-order chi connectivity index (χ1) is 16.4. The van der Waals surface area contributed by atoms with Crippen LogP contribution in [0, 0.1) is 11.6 Å². The van der Waals surface area contributed by atoms with Gasteiger partial charge in [-0.2, -0.15) is 15.0 Å². The van der Waals surface area contributed by atoms with Gasteiger partial charge in [-0.25, -0.2) is 13.6 Å². The summed E-state index contributed by atoms with van der Waals surface area (Å²) in [6.07, 6.45) is -0.00824.